The molecule has 0 saturated heterocycles. The third-order valence-electron chi connectivity index (χ3n) is 24.3. The van der Waals surface area contributed by atoms with Crippen molar-refractivity contribution in [1.82, 2.24) is 0 Å². The van der Waals surface area contributed by atoms with E-state index in [2.05, 4.69) is 206 Å². The van der Waals surface area contributed by atoms with Gasteiger partial charge in [-0.15, -0.1) is 0 Å². The Bertz CT molecular complexity index is 2740. The average Bonchev–Trinajstić information content (AvgIpc) is 1.57. The molecule has 5 fully saturated rings. The van der Waals surface area contributed by atoms with Gasteiger partial charge in [-0.3, -0.25) is 0 Å². The number of carboxylic acid groups (broad SMARTS) is 1. The molecule has 0 aliphatic heterocycles. The summed E-state index contributed by atoms with van der Waals surface area (Å²) in [5, 5.41) is 9.67. The van der Waals surface area contributed by atoms with E-state index in [4.69, 9.17) is 37.0 Å². The van der Waals surface area contributed by atoms with Crippen molar-refractivity contribution in [2.45, 2.75) is 335 Å². The van der Waals surface area contributed by atoms with E-state index in [-0.39, 0.29) is 92.9 Å². The van der Waals surface area contributed by atoms with Gasteiger partial charge >= 0.3 is 11.9 Å². The van der Waals surface area contributed by atoms with Crippen LogP contribution in [0.2, 0.25) is 72.5 Å². The zero-order valence-corrected chi connectivity index (χ0v) is 65.6. The highest BCUT2D eigenvalue weighted by molar-refractivity contribution is 6.75. The fourth-order valence-electron chi connectivity index (χ4n) is 14.5. The number of hydrogen-bond acceptors (Lipinski definition) is 9. The van der Waals surface area contributed by atoms with Crippen molar-refractivity contribution >= 4 is 45.2 Å². The first kappa shape index (κ1) is 76.5. The Morgan fingerprint density at radius 1 is 0.544 bits per heavy atom. The van der Waals surface area contributed by atoms with Gasteiger partial charge in [0.15, 0.2) is 33.3 Å². The number of aliphatic carboxylic acids is 1. The molecule has 510 valence electrons. The van der Waals surface area contributed by atoms with Crippen LogP contribution < -0.4 is 0 Å². The summed E-state index contributed by atoms with van der Waals surface area (Å²) in [7, 11) is -7.93. The van der Waals surface area contributed by atoms with E-state index in [1.165, 1.54) is 39.9 Å². The lowest BCUT2D eigenvalue weighted by Crippen LogP contribution is -2.49. The van der Waals surface area contributed by atoms with Crippen LogP contribution in [-0.2, 0) is 41.5 Å². The molecule has 0 aromatic heterocycles. The standard InChI is InChI=1S/C41H70O5Si2.C35H60O5Si2/c1-29-32(26-34(45-47(10,11)39(3,4)5)27-37(29)46-48(12,13)40(6,7)8)22-21-31-18-17-25-41(9)35(23-24-36(31)41)30(2)43-28-38(42)44-33-19-15-14-16-20-33;1-24-27(17-16-26-15-14-20-35(9)29(18-19-30(26)35)25(2)38-23-32(36)37)21-28(39-41(10,11)33(3,4)5)22-31(24)40-42(12,13)34(6,7)8/h21-23,30,33-34,36-37H,1,14-20,24-28H2,2-13H3;16-18,25,28,30-31H,1,14-15,19-23H2,2-13H3,(H,36,37)/t30-,34+,36-,37-,41+;25-,28+,30?,31-,35+/m00/s1. The Morgan fingerprint density at radius 3 is 1.26 bits per heavy atom. The molecule has 0 aromatic rings. The van der Waals surface area contributed by atoms with Crippen molar-refractivity contribution in [3.05, 3.63) is 94.2 Å². The van der Waals surface area contributed by atoms with E-state index < -0.39 is 39.2 Å². The number of hydrogen-bond donors (Lipinski definition) is 1. The Hall–Kier alpha value is -2.51. The van der Waals surface area contributed by atoms with Gasteiger partial charge in [-0.25, -0.2) is 9.59 Å². The molecule has 10 nitrogen and oxygen atoms in total. The molecule has 7 aliphatic carbocycles. The number of rotatable bonds is 19. The number of fused-ring (bicyclic) bond motifs is 2. The Balaban J connectivity index is 0.000000289. The molecule has 7 rings (SSSR count). The quantitative estimate of drug-likeness (QED) is 0.0761. The normalized spacial score (nSPS) is 30.4. The highest BCUT2D eigenvalue weighted by Gasteiger charge is 2.50. The first-order valence-electron chi connectivity index (χ1n) is 35.2. The number of ether oxygens (including phenoxy) is 3. The van der Waals surface area contributed by atoms with E-state index in [0.29, 0.717) is 11.8 Å². The maximum Gasteiger partial charge on any atom is 0.332 e. The monoisotopic (exact) mass is 1310 g/mol. The van der Waals surface area contributed by atoms with Crippen molar-refractivity contribution in [2.24, 2.45) is 22.7 Å². The lowest BCUT2D eigenvalue weighted by molar-refractivity contribution is -0.157. The van der Waals surface area contributed by atoms with Gasteiger partial charge < -0.3 is 37.0 Å². The zero-order valence-electron chi connectivity index (χ0n) is 61.6. The maximum absolute atomic E-state index is 12.6. The van der Waals surface area contributed by atoms with Gasteiger partial charge in [0.1, 0.15) is 19.3 Å². The van der Waals surface area contributed by atoms with Crippen molar-refractivity contribution in [3.63, 3.8) is 0 Å². The third-order valence-corrected chi connectivity index (χ3v) is 42.4. The molecule has 10 atom stereocenters. The van der Waals surface area contributed by atoms with Crippen LogP contribution in [0.3, 0.4) is 0 Å². The van der Waals surface area contributed by atoms with Crippen LogP contribution in [0.4, 0.5) is 0 Å². The first-order valence-corrected chi connectivity index (χ1v) is 46.8. The molecule has 14 heteroatoms. The second kappa shape index (κ2) is 29.5. The zero-order chi connectivity index (χ0) is 67.6. The molecule has 0 amide bonds. The van der Waals surface area contributed by atoms with E-state index in [1.807, 2.05) is 6.92 Å². The van der Waals surface area contributed by atoms with E-state index in [0.717, 1.165) is 114 Å². The number of esters is 1. The molecule has 0 aromatic carbocycles. The Labute approximate surface area is 553 Å². The van der Waals surface area contributed by atoms with Crippen LogP contribution in [0, 0.1) is 22.7 Å². The molecule has 5 saturated carbocycles. The largest absolute Gasteiger partial charge is 0.480 e. The summed E-state index contributed by atoms with van der Waals surface area (Å²) in [6.07, 6.45) is 32.0. The van der Waals surface area contributed by atoms with Crippen LogP contribution in [0.1, 0.15) is 220 Å². The SMILES string of the molecule is C=C1C(=CC=C2CCC[C@]3(C)C([C@H](C)OCC(=O)O)=CCC23)C[C@@H](O[Si](C)(C)C(C)(C)C)C[C@@H]1O[Si](C)(C)C(C)(C)C.C=C1C(=CC=C2CCC[C@]3(C)C([C@H](C)OCC(=O)OC4CCCCC4)=CC[C@@H]23)C[C@@H](O[Si](C)(C)C(C)(C)C)C[C@@H]1O[Si](C)(C)C(C)(C)C. The van der Waals surface area contributed by atoms with Gasteiger partial charge in [0.25, 0.3) is 0 Å². The van der Waals surface area contributed by atoms with Crippen LogP contribution in [-0.4, -0.2) is 106 Å². The summed E-state index contributed by atoms with van der Waals surface area (Å²) in [5.41, 5.74) is 10.5. The summed E-state index contributed by atoms with van der Waals surface area (Å²) in [5.74, 6) is -0.264. The number of carboxylic acids is 1. The molecule has 0 spiro atoms. The summed E-state index contributed by atoms with van der Waals surface area (Å²) in [6, 6.07) is 0. The van der Waals surface area contributed by atoms with Crippen molar-refractivity contribution < 1.29 is 46.6 Å². The molecule has 90 heavy (non-hydrogen) atoms. The van der Waals surface area contributed by atoms with E-state index in [9.17, 15) is 9.59 Å². The lowest BCUT2D eigenvalue weighted by Gasteiger charge is -2.45. The predicted octanol–water partition coefficient (Wildman–Crippen LogP) is 21.0. The second-order valence-corrected chi connectivity index (χ2v) is 54.0. The fraction of sp³-hybridized carbons (Fsp3) is 0.763. The summed E-state index contributed by atoms with van der Waals surface area (Å²) in [6.45, 7) is 64.5. The van der Waals surface area contributed by atoms with Gasteiger partial charge in [-0.2, -0.15) is 0 Å². The fourth-order valence-corrected chi connectivity index (χ4v) is 19.8. The molecule has 0 heterocycles. The van der Waals surface area contributed by atoms with Gasteiger partial charge in [-0.05, 0) is 232 Å². The molecule has 1 N–H and O–H groups in total. The predicted molar refractivity (Wildman–Crippen MR) is 385 cm³/mol. The lowest BCUT2D eigenvalue weighted by atomic mass is 9.63. The Kier molecular flexibility index (Phi) is 25.0. The molecular formula is C76H130O10Si4. The van der Waals surface area contributed by atoms with Gasteiger partial charge in [0.05, 0.1) is 36.6 Å². The van der Waals surface area contributed by atoms with Gasteiger partial charge in [0, 0.05) is 12.8 Å². The van der Waals surface area contributed by atoms with Crippen molar-refractivity contribution in [2.75, 3.05) is 13.2 Å². The summed E-state index contributed by atoms with van der Waals surface area (Å²) >= 11 is 0. The number of carbonyl (C=O) groups is 2. The summed E-state index contributed by atoms with van der Waals surface area (Å²) < 4.78 is 45.8. The van der Waals surface area contributed by atoms with Crippen LogP contribution in [0.25, 0.3) is 0 Å². The summed E-state index contributed by atoms with van der Waals surface area (Å²) in [4.78, 5) is 23.7. The maximum atomic E-state index is 12.6. The van der Waals surface area contributed by atoms with Gasteiger partial charge in [0.2, 0.25) is 0 Å². The van der Waals surface area contributed by atoms with Gasteiger partial charge in [-0.1, -0.05) is 164 Å². The smallest absolute Gasteiger partial charge is 0.332 e. The average molecular weight is 1320 g/mol. The topological polar surface area (TPSA) is 119 Å². The first-order chi connectivity index (χ1) is 41.2. The minimum Gasteiger partial charge on any atom is -0.480 e. The van der Waals surface area contributed by atoms with Crippen LogP contribution in [0.15, 0.2) is 94.2 Å². The third kappa shape index (κ3) is 18.5. The van der Waals surface area contributed by atoms with Crippen molar-refractivity contribution in [3.8, 4) is 0 Å². The van der Waals surface area contributed by atoms with E-state index in [1.54, 1.807) is 0 Å². The molecule has 7 aliphatic rings. The number of allylic oxidation sites excluding steroid dienone is 8. The molecule has 1 unspecified atom stereocenters. The Morgan fingerprint density at radius 2 is 0.900 bits per heavy atom. The molecular weight excluding hydrogens is 1190 g/mol. The highest BCUT2D eigenvalue weighted by Crippen LogP contribution is 2.58. The van der Waals surface area contributed by atoms with Crippen LogP contribution >= 0.6 is 0 Å². The van der Waals surface area contributed by atoms with Crippen molar-refractivity contribution in [1.29, 1.82) is 0 Å². The molecule has 0 radical (unpaired) electrons. The second-order valence-electron chi connectivity index (χ2n) is 35.0. The minimum absolute atomic E-state index is 0.00599. The number of carbonyl (C=O) groups excluding carboxylic acids is 1. The van der Waals surface area contributed by atoms with E-state index >= 15 is 0 Å². The van der Waals surface area contributed by atoms with Crippen LogP contribution in [0.5, 0.6) is 0 Å². The minimum atomic E-state index is -2.01. The highest BCUT2D eigenvalue weighted by atomic mass is 28.4. The molecule has 0 bridgehead atoms.